The predicted molar refractivity (Wildman–Crippen MR) is 59.4 cm³/mol. The predicted octanol–water partition coefficient (Wildman–Crippen LogP) is 2.25. The summed E-state index contributed by atoms with van der Waals surface area (Å²) in [7, 11) is 0. The lowest BCUT2D eigenvalue weighted by atomic mass is 10.1. The smallest absolute Gasteiger partial charge is 0.122 e. The Morgan fingerprint density at radius 2 is 2.00 bits per heavy atom. The van der Waals surface area contributed by atoms with Gasteiger partial charge in [0.25, 0.3) is 0 Å². The summed E-state index contributed by atoms with van der Waals surface area (Å²) in [6.45, 7) is 2.20. The minimum absolute atomic E-state index is 0.367. The standard InChI is InChI=1S/C12H19N3/c1-8(12-13-6-7-14-12)15-11(9-2-3-9)10-4-5-10/h6-11,15H,2-5H2,1H3,(H,13,14). The SMILES string of the molecule is CC(NC(C1CC1)C1CC1)c1ncc[nH]1. The third-order valence-electron chi connectivity index (χ3n) is 3.63. The molecular formula is C12H19N3. The molecular weight excluding hydrogens is 186 g/mol. The second-order valence-electron chi connectivity index (χ2n) is 5.06. The first kappa shape index (κ1) is 9.40. The van der Waals surface area contributed by atoms with E-state index in [4.69, 9.17) is 0 Å². The van der Waals surface area contributed by atoms with Crippen LogP contribution in [0.15, 0.2) is 12.4 Å². The largest absolute Gasteiger partial charge is 0.347 e. The van der Waals surface area contributed by atoms with Gasteiger partial charge in [0.05, 0.1) is 6.04 Å². The van der Waals surface area contributed by atoms with Crippen LogP contribution < -0.4 is 5.32 Å². The Hall–Kier alpha value is -0.830. The van der Waals surface area contributed by atoms with Gasteiger partial charge in [-0.2, -0.15) is 0 Å². The lowest BCUT2D eigenvalue weighted by Crippen LogP contribution is -2.35. The first-order chi connectivity index (χ1) is 7.34. The lowest BCUT2D eigenvalue weighted by Gasteiger charge is -2.21. The number of aromatic nitrogens is 2. The van der Waals surface area contributed by atoms with E-state index in [9.17, 15) is 0 Å². The van der Waals surface area contributed by atoms with Crippen LogP contribution >= 0.6 is 0 Å². The van der Waals surface area contributed by atoms with E-state index in [0.717, 1.165) is 23.7 Å². The van der Waals surface area contributed by atoms with Crippen LogP contribution in [0.3, 0.4) is 0 Å². The van der Waals surface area contributed by atoms with Crippen LogP contribution in [-0.2, 0) is 0 Å². The highest BCUT2D eigenvalue weighted by Gasteiger charge is 2.41. The number of nitrogens with zero attached hydrogens (tertiary/aromatic N) is 1. The summed E-state index contributed by atoms with van der Waals surface area (Å²) in [5, 5.41) is 3.75. The first-order valence-corrected chi connectivity index (χ1v) is 6.10. The molecule has 2 aliphatic rings. The average Bonchev–Trinajstić information content (AvgIpc) is 3.15. The molecule has 0 saturated heterocycles. The molecule has 3 nitrogen and oxygen atoms in total. The lowest BCUT2D eigenvalue weighted by molar-refractivity contribution is 0.371. The molecule has 2 fully saturated rings. The Labute approximate surface area is 90.7 Å². The van der Waals surface area contributed by atoms with Gasteiger partial charge in [0.2, 0.25) is 0 Å². The Kier molecular flexibility index (Phi) is 2.28. The average molecular weight is 205 g/mol. The highest BCUT2D eigenvalue weighted by molar-refractivity contribution is 5.01. The van der Waals surface area contributed by atoms with Crippen molar-refractivity contribution in [3.63, 3.8) is 0 Å². The topological polar surface area (TPSA) is 40.7 Å². The summed E-state index contributed by atoms with van der Waals surface area (Å²) in [5.41, 5.74) is 0. The van der Waals surface area contributed by atoms with Gasteiger partial charge in [0.1, 0.15) is 5.82 Å². The van der Waals surface area contributed by atoms with E-state index in [1.165, 1.54) is 25.7 Å². The Morgan fingerprint density at radius 3 is 2.47 bits per heavy atom. The highest BCUT2D eigenvalue weighted by atomic mass is 15.0. The monoisotopic (exact) mass is 205 g/mol. The molecule has 1 aromatic heterocycles. The van der Waals surface area contributed by atoms with Gasteiger partial charge >= 0.3 is 0 Å². The number of H-pyrrole nitrogens is 1. The van der Waals surface area contributed by atoms with Crippen molar-refractivity contribution in [3.05, 3.63) is 18.2 Å². The van der Waals surface area contributed by atoms with Gasteiger partial charge in [0.15, 0.2) is 0 Å². The number of hydrogen-bond donors (Lipinski definition) is 2. The fourth-order valence-electron chi connectivity index (χ4n) is 2.45. The zero-order chi connectivity index (χ0) is 10.3. The molecule has 0 spiro atoms. The Bertz CT molecular complexity index is 300. The molecule has 3 rings (SSSR count). The molecule has 1 unspecified atom stereocenters. The van der Waals surface area contributed by atoms with Crippen molar-refractivity contribution in [2.45, 2.75) is 44.7 Å². The van der Waals surface area contributed by atoms with E-state index in [1.807, 2.05) is 12.4 Å². The summed E-state index contributed by atoms with van der Waals surface area (Å²) in [4.78, 5) is 7.50. The summed E-state index contributed by atoms with van der Waals surface area (Å²) >= 11 is 0. The minimum atomic E-state index is 0.367. The molecule has 1 heterocycles. The van der Waals surface area contributed by atoms with E-state index in [0.29, 0.717) is 6.04 Å². The molecule has 0 bridgehead atoms. The van der Waals surface area contributed by atoms with Crippen LogP contribution in [0, 0.1) is 11.8 Å². The molecule has 0 aromatic carbocycles. The van der Waals surface area contributed by atoms with Crippen LogP contribution in [0.5, 0.6) is 0 Å². The van der Waals surface area contributed by atoms with Crippen LogP contribution in [0.1, 0.15) is 44.5 Å². The van der Waals surface area contributed by atoms with Crippen molar-refractivity contribution < 1.29 is 0 Å². The third kappa shape index (κ3) is 2.07. The Balaban J connectivity index is 1.62. The van der Waals surface area contributed by atoms with E-state index < -0.39 is 0 Å². The van der Waals surface area contributed by atoms with Gasteiger partial charge in [-0.3, -0.25) is 0 Å². The van der Waals surface area contributed by atoms with Crippen molar-refractivity contribution in [3.8, 4) is 0 Å². The molecule has 3 heteroatoms. The minimum Gasteiger partial charge on any atom is -0.347 e. The molecule has 2 saturated carbocycles. The van der Waals surface area contributed by atoms with E-state index in [2.05, 4.69) is 22.2 Å². The second-order valence-corrected chi connectivity index (χ2v) is 5.06. The van der Waals surface area contributed by atoms with Crippen molar-refractivity contribution in [1.82, 2.24) is 15.3 Å². The van der Waals surface area contributed by atoms with Gasteiger partial charge in [-0.1, -0.05) is 0 Å². The van der Waals surface area contributed by atoms with Gasteiger partial charge in [-0.15, -0.1) is 0 Å². The maximum atomic E-state index is 4.31. The molecule has 82 valence electrons. The molecule has 0 aliphatic heterocycles. The number of rotatable bonds is 5. The van der Waals surface area contributed by atoms with Gasteiger partial charge < -0.3 is 10.3 Å². The first-order valence-electron chi connectivity index (χ1n) is 6.10. The molecule has 2 N–H and O–H groups in total. The van der Waals surface area contributed by atoms with E-state index in [1.54, 1.807) is 0 Å². The molecule has 0 radical (unpaired) electrons. The van der Waals surface area contributed by atoms with Crippen LogP contribution in [-0.4, -0.2) is 16.0 Å². The van der Waals surface area contributed by atoms with Gasteiger partial charge in [-0.05, 0) is 44.4 Å². The van der Waals surface area contributed by atoms with Crippen molar-refractivity contribution >= 4 is 0 Å². The fourth-order valence-corrected chi connectivity index (χ4v) is 2.45. The third-order valence-corrected chi connectivity index (χ3v) is 3.63. The van der Waals surface area contributed by atoms with Crippen molar-refractivity contribution in [2.24, 2.45) is 11.8 Å². The molecule has 0 amide bonds. The summed E-state index contributed by atoms with van der Waals surface area (Å²) < 4.78 is 0. The molecule has 15 heavy (non-hydrogen) atoms. The number of hydrogen-bond acceptors (Lipinski definition) is 2. The zero-order valence-electron chi connectivity index (χ0n) is 9.24. The van der Waals surface area contributed by atoms with E-state index in [-0.39, 0.29) is 0 Å². The van der Waals surface area contributed by atoms with Crippen molar-refractivity contribution in [1.29, 1.82) is 0 Å². The summed E-state index contributed by atoms with van der Waals surface area (Å²) in [5.74, 6) is 2.98. The number of aromatic amines is 1. The van der Waals surface area contributed by atoms with Gasteiger partial charge in [-0.25, -0.2) is 4.98 Å². The molecule has 2 aliphatic carbocycles. The quantitative estimate of drug-likeness (QED) is 0.774. The maximum absolute atomic E-state index is 4.31. The number of nitrogens with one attached hydrogen (secondary N) is 2. The van der Waals surface area contributed by atoms with E-state index >= 15 is 0 Å². The fraction of sp³-hybridized carbons (Fsp3) is 0.750. The zero-order valence-corrected chi connectivity index (χ0v) is 9.24. The van der Waals surface area contributed by atoms with Crippen molar-refractivity contribution in [2.75, 3.05) is 0 Å². The Morgan fingerprint density at radius 1 is 1.33 bits per heavy atom. The van der Waals surface area contributed by atoms with Crippen LogP contribution in [0.4, 0.5) is 0 Å². The van der Waals surface area contributed by atoms with Gasteiger partial charge in [0, 0.05) is 18.4 Å². The number of imidazole rings is 1. The molecule has 1 atom stereocenters. The summed E-state index contributed by atoms with van der Waals surface area (Å²) in [6.07, 6.45) is 9.45. The van der Waals surface area contributed by atoms with Crippen LogP contribution in [0.2, 0.25) is 0 Å². The second kappa shape index (κ2) is 3.63. The molecule has 1 aromatic rings. The maximum Gasteiger partial charge on any atom is 0.122 e. The summed E-state index contributed by atoms with van der Waals surface area (Å²) in [6, 6.07) is 1.12. The normalized spacial score (nSPS) is 23.3. The van der Waals surface area contributed by atoms with Crippen LogP contribution in [0.25, 0.3) is 0 Å². The highest BCUT2D eigenvalue weighted by Crippen LogP contribution is 2.45.